The van der Waals surface area contributed by atoms with Crippen molar-refractivity contribution in [3.8, 4) is 23.2 Å². The van der Waals surface area contributed by atoms with Crippen molar-refractivity contribution in [2.24, 2.45) is 13.0 Å². The van der Waals surface area contributed by atoms with Gasteiger partial charge in [-0.1, -0.05) is 12.1 Å². The van der Waals surface area contributed by atoms with Gasteiger partial charge in [0.05, 0.1) is 35.0 Å². The molecule has 10 heteroatoms. The fourth-order valence-electron chi connectivity index (χ4n) is 6.36. The lowest BCUT2D eigenvalue weighted by Gasteiger charge is -2.28. The highest BCUT2D eigenvalue weighted by molar-refractivity contribution is 6.02. The Morgan fingerprint density at radius 1 is 1.09 bits per heavy atom. The van der Waals surface area contributed by atoms with Crippen LogP contribution in [0.15, 0.2) is 60.8 Å². The zero-order valence-electron chi connectivity index (χ0n) is 26.4. The number of hydrogen-bond donors (Lipinski definition) is 0. The van der Waals surface area contributed by atoms with Crippen LogP contribution in [-0.2, 0) is 31.4 Å². The summed E-state index contributed by atoms with van der Waals surface area (Å²) in [6.45, 7) is 2.81. The van der Waals surface area contributed by atoms with Crippen LogP contribution in [-0.4, -0.2) is 43.8 Å². The minimum Gasteiger partial charge on any atom is -0.473 e. The minimum absolute atomic E-state index is 0.00273. The number of nitrogens with zero attached hydrogens (tertiary/aromatic N) is 6. The number of hydrogen-bond acceptors (Lipinski definition) is 7. The molecular formula is C36H37FN6O3. The molecule has 46 heavy (non-hydrogen) atoms. The quantitative estimate of drug-likeness (QED) is 0.150. The maximum absolute atomic E-state index is 14.3. The average molecular weight is 621 g/mol. The molecule has 9 nitrogen and oxygen atoms in total. The van der Waals surface area contributed by atoms with Crippen LogP contribution in [0.25, 0.3) is 22.3 Å². The number of halogens is 1. The summed E-state index contributed by atoms with van der Waals surface area (Å²) in [5, 5.41) is 13.6. The second kappa shape index (κ2) is 13.6. The standard InChI is InChI=1S/C36H37FN6O3/c1-23(44)28-19-29(32-13-14-42(2)41-32)36-33(20-28)43(15-16-45-3)34(40-36)18-24-7-10-26(11-8-24)31-5-4-6-35(39-31)46-22-27-12-9-25(21-38)17-30(27)37/h4-6,9,12-14,17,19-20,24,26H,7-8,10-11,15-16,18,22H2,1-3H3. The fraction of sp³-hybridized carbons (Fsp3) is 0.361. The van der Waals surface area contributed by atoms with Gasteiger partial charge in [0.25, 0.3) is 0 Å². The summed E-state index contributed by atoms with van der Waals surface area (Å²) in [5.74, 6) is 1.77. The van der Waals surface area contributed by atoms with Crippen molar-refractivity contribution < 1.29 is 18.7 Å². The molecule has 0 unspecified atom stereocenters. The third-order valence-corrected chi connectivity index (χ3v) is 8.89. The monoisotopic (exact) mass is 620 g/mol. The summed E-state index contributed by atoms with van der Waals surface area (Å²) in [4.78, 5) is 22.4. The summed E-state index contributed by atoms with van der Waals surface area (Å²) in [7, 11) is 3.58. The number of imidazole rings is 1. The van der Waals surface area contributed by atoms with Gasteiger partial charge >= 0.3 is 0 Å². The Bertz CT molecular complexity index is 1910. The maximum Gasteiger partial charge on any atom is 0.213 e. The molecule has 1 fully saturated rings. The van der Waals surface area contributed by atoms with Gasteiger partial charge in [-0.05, 0) is 74.9 Å². The van der Waals surface area contributed by atoms with Crippen molar-refractivity contribution in [2.75, 3.05) is 13.7 Å². The van der Waals surface area contributed by atoms with Crippen molar-refractivity contribution in [2.45, 2.75) is 58.1 Å². The molecule has 0 N–H and O–H groups in total. The van der Waals surface area contributed by atoms with E-state index in [0.717, 1.165) is 65.9 Å². The van der Waals surface area contributed by atoms with Crippen LogP contribution in [0, 0.1) is 23.1 Å². The van der Waals surface area contributed by atoms with Crippen molar-refractivity contribution in [3.63, 3.8) is 0 Å². The molecule has 3 aromatic heterocycles. The van der Waals surface area contributed by atoms with Crippen LogP contribution in [0.3, 0.4) is 0 Å². The van der Waals surface area contributed by atoms with Crippen LogP contribution >= 0.6 is 0 Å². The van der Waals surface area contributed by atoms with E-state index < -0.39 is 5.82 Å². The highest BCUT2D eigenvalue weighted by Gasteiger charge is 2.26. The zero-order valence-corrected chi connectivity index (χ0v) is 26.4. The Hall–Kier alpha value is -4.88. The number of nitriles is 1. The summed E-state index contributed by atoms with van der Waals surface area (Å²) >= 11 is 0. The Balaban J connectivity index is 1.17. The van der Waals surface area contributed by atoms with E-state index in [1.54, 1.807) is 36.9 Å². The van der Waals surface area contributed by atoms with Crippen LogP contribution < -0.4 is 4.74 Å². The molecule has 0 aliphatic heterocycles. The first-order valence-electron chi connectivity index (χ1n) is 15.6. The van der Waals surface area contributed by atoms with E-state index in [-0.39, 0.29) is 18.0 Å². The van der Waals surface area contributed by atoms with Crippen molar-refractivity contribution in [3.05, 3.63) is 94.8 Å². The molecule has 1 aliphatic rings. The number of benzene rings is 2. The van der Waals surface area contributed by atoms with Crippen LogP contribution in [0.5, 0.6) is 5.88 Å². The van der Waals surface area contributed by atoms with E-state index in [4.69, 9.17) is 24.7 Å². The smallest absolute Gasteiger partial charge is 0.213 e. The number of carbonyl (C=O) groups is 1. The highest BCUT2D eigenvalue weighted by Crippen LogP contribution is 2.38. The molecule has 2 aromatic carbocycles. The summed E-state index contributed by atoms with van der Waals surface area (Å²) in [5.41, 5.74) is 5.72. The largest absolute Gasteiger partial charge is 0.473 e. The van der Waals surface area contributed by atoms with Crippen molar-refractivity contribution in [1.29, 1.82) is 5.26 Å². The molecule has 0 bridgehead atoms. The number of aromatic nitrogens is 5. The topological polar surface area (TPSA) is 108 Å². The van der Waals surface area contributed by atoms with Crippen molar-refractivity contribution >= 4 is 16.8 Å². The summed E-state index contributed by atoms with van der Waals surface area (Å²) in [6.07, 6.45) is 6.79. The Labute approximate surface area is 267 Å². The van der Waals surface area contributed by atoms with Gasteiger partial charge in [0.1, 0.15) is 18.2 Å². The fourth-order valence-corrected chi connectivity index (χ4v) is 6.36. The van der Waals surface area contributed by atoms with Gasteiger partial charge in [0, 0.05) is 67.7 Å². The normalized spacial score (nSPS) is 16.4. The number of ether oxygens (including phenoxy) is 2. The predicted octanol–water partition coefficient (Wildman–Crippen LogP) is 6.79. The average Bonchev–Trinajstić information content (AvgIpc) is 3.65. The molecule has 0 radical (unpaired) electrons. The lowest BCUT2D eigenvalue weighted by Crippen LogP contribution is -2.18. The lowest BCUT2D eigenvalue weighted by atomic mass is 9.79. The Morgan fingerprint density at radius 3 is 2.61 bits per heavy atom. The molecule has 6 rings (SSSR count). The molecule has 5 aromatic rings. The Morgan fingerprint density at radius 2 is 1.91 bits per heavy atom. The van der Waals surface area contributed by atoms with Gasteiger partial charge in [-0.25, -0.2) is 14.4 Å². The number of Topliss-reactive ketones (excluding diaryl/α,β-unsaturated/α-hetero) is 1. The van der Waals surface area contributed by atoms with Gasteiger partial charge in [-0.2, -0.15) is 10.4 Å². The van der Waals surface area contributed by atoms with Crippen LogP contribution in [0.1, 0.15) is 71.5 Å². The molecule has 1 aliphatic carbocycles. The minimum atomic E-state index is -0.462. The van der Waals surface area contributed by atoms with Gasteiger partial charge < -0.3 is 14.0 Å². The molecule has 236 valence electrons. The third-order valence-electron chi connectivity index (χ3n) is 8.89. The number of pyridine rings is 1. The summed E-state index contributed by atoms with van der Waals surface area (Å²) in [6, 6.07) is 17.9. The van der Waals surface area contributed by atoms with Gasteiger partial charge in [0.2, 0.25) is 5.88 Å². The number of ketones is 1. The zero-order chi connectivity index (χ0) is 32.2. The van der Waals surface area contributed by atoms with Gasteiger partial charge in [0.15, 0.2) is 5.78 Å². The highest BCUT2D eigenvalue weighted by atomic mass is 19.1. The van der Waals surface area contributed by atoms with Crippen molar-refractivity contribution in [1.82, 2.24) is 24.3 Å². The second-order valence-corrected chi connectivity index (χ2v) is 12.0. The first-order chi connectivity index (χ1) is 22.3. The van der Waals surface area contributed by atoms with E-state index in [2.05, 4.69) is 9.67 Å². The molecule has 0 spiro atoms. The lowest BCUT2D eigenvalue weighted by molar-refractivity contribution is 0.101. The van der Waals surface area contributed by atoms with E-state index in [1.807, 2.05) is 49.6 Å². The number of fused-ring (bicyclic) bond motifs is 1. The Kier molecular flexibility index (Phi) is 9.22. The van der Waals surface area contributed by atoms with Crippen LogP contribution in [0.4, 0.5) is 4.39 Å². The molecule has 1 saturated carbocycles. The van der Waals surface area contributed by atoms with Gasteiger partial charge in [-0.3, -0.25) is 9.48 Å². The predicted molar refractivity (Wildman–Crippen MR) is 172 cm³/mol. The maximum atomic E-state index is 14.3. The molecule has 3 heterocycles. The van der Waals surface area contributed by atoms with E-state index in [1.165, 1.54) is 6.07 Å². The third kappa shape index (κ3) is 6.70. The number of aryl methyl sites for hydroxylation is 1. The molecule has 0 saturated heterocycles. The second-order valence-electron chi connectivity index (χ2n) is 12.0. The number of carbonyl (C=O) groups excluding carboxylic acids is 1. The molecular weight excluding hydrogens is 583 g/mol. The van der Waals surface area contributed by atoms with E-state index >= 15 is 0 Å². The van der Waals surface area contributed by atoms with Crippen LogP contribution in [0.2, 0.25) is 0 Å². The number of methoxy groups -OCH3 is 1. The summed E-state index contributed by atoms with van der Waals surface area (Å²) < 4.78 is 29.6. The molecule has 0 amide bonds. The first kappa shape index (κ1) is 31.1. The molecule has 0 atom stereocenters. The first-order valence-corrected chi connectivity index (χ1v) is 15.6. The number of rotatable bonds is 11. The van der Waals surface area contributed by atoms with Gasteiger partial charge in [-0.15, -0.1) is 0 Å². The van der Waals surface area contributed by atoms with E-state index in [9.17, 15) is 9.18 Å². The van der Waals surface area contributed by atoms with E-state index in [0.29, 0.717) is 42.0 Å². The SMILES string of the molecule is COCCn1c(CC2CCC(c3cccc(OCc4ccc(C#N)cc4F)n3)CC2)nc2c(-c3ccn(C)n3)cc(C(C)=O)cc21.